The van der Waals surface area contributed by atoms with Crippen LogP contribution in [0.25, 0.3) is 0 Å². The van der Waals surface area contributed by atoms with E-state index in [0.717, 1.165) is 32.5 Å². The Hall–Kier alpha value is -1.13. The molecule has 2 aromatic rings. The highest BCUT2D eigenvalue weighted by Gasteiger charge is 2.04. The van der Waals surface area contributed by atoms with Gasteiger partial charge in [-0.05, 0) is 54.8 Å². The normalized spacial score (nSPS) is 11.0. The van der Waals surface area contributed by atoms with E-state index in [-0.39, 0.29) is 0 Å². The lowest BCUT2D eigenvalue weighted by Crippen LogP contribution is -2.19. The molecule has 1 N–H and O–H groups in total. The van der Waals surface area contributed by atoms with Crippen LogP contribution in [0.2, 0.25) is 0 Å². The summed E-state index contributed by atoms with van der Waals surface area (Å²) in [6.45, 7) is 7.16. The van der Waals surface area contributed by atoms with Gasteiger partial charge in [-0.15, -0.1) is 0 Å². The van der Waals surface area contributed by atoms with Crippen molar-refractivity contribution in [2.75, 3.05) is 6.54 Å². The summed E-state index contributed by atoms with van der Waals surface area (Å²) in [7, 11) is 0. The smallest absolute Gasteiger partial charge is 0.0625 e. The first-order valence-corrected chi connectivity index (χ1v) is 7.55. The van der Waals surface area contributed by atoms with Gasteiger partial charge in [0.2, 0.25) is 0 Å². The van der Waals surface area contributed by atoms with Gasteiger partial charge in [-0.3, -0.25) is 4.68 Å². The van der Waals surface area contributed by atoms with Gasteiger partial charge in [0.1, 0.15) is 0 Å². The highest BCUT2D eigenvalue weighted by atomic mass is 32.1. The minimum atomic E-state index is 0.908. The Kier molecular flexibility index (Phi) is 4.96. The number of nitrogens with one attached hydrogen (secondary N) is 1. The standard InChI is InChI=1S/C14H21N3S/c1-3-13-9-14(17(4-2)16-13)10-15-7-5-12-6-8-18-11-12/h6,8-9,11,15H,3-5,7,10H2,1-2H3. The van der Waals surface area contributed by atoms with Gasteiger partial charge in [0.05, 0.1) is 11.4 Å². The number of hydrogen-bond donors (Lipinski definition) is 1. The van der Waals surface area contributed by atoms with Gasteiger partial charge >= 0.3 is 0 Å². The van der Waals surface area contributed by atoms with Crippen molar-refractivity contribution in [2.45, 2.75) is 39.8 Å². The first kappa shape index (κ1) is 13.3. The second kappa shape index (κ2) is 6.71. The molecule has 0 saturated heterocycles. The molecule has 2 rings (SSSR count). The lowest BCUT2D eigenvalue weighted by atomic mass is 10.2. The van der Waals surface area contributed by atoms with E-state index in [1.807, 2.05) is 0 Å². The summed E-state index contributed by atoms with van der Waals surface area (Å²) in [5.41, 5.74) is 3.90. The molecule has 0 saturated carbocycles. The number of nitrogens with zero attached hydrogens (tertiary/aromatic N) is 2. The van der Waals surface area contributed by atoms with Gasteiger partial charge in [-0.1, -0.05) is 6.92 Å². The fraction of sp³-hybridized carbons (Fsp3) is 0.500. The Morgan fingerprint density at radius 2 is 2.28 bits per heavy atom. The fourth-order valence-electron chi connectivity index (χ4n) is 1.99. The van der Waals surface area contributed by atoms with Gasteiger partial charge < -0.3 is 5.32 Å². The predicted octanol–water partition coefficient (Wildman–Crippen LogP) is 2.86. The van der Waals surface area contributed by atoms with Crippen molar-refractivity contribution in [1.29, 1.82) is 0 Å². The third-order valence-electron chi connectivity index (χ3n) is 3.05. The second-order valence-electron chi connectivity index (χ2n) is 4.35. The molecule has 0 fully saturated rings. The fourth-order valence-corrected chi connectivity index (χ4v) is 2.69. The quantitative estimate of drug-likeness (QED) is 0.779. The van der Waals surface area contributed by atoms with Crippen LogP contribution in [0.3, 0.4) is 0 Å². The summed E-state index contributed by atoms with van der Waals surface area (Å²) in [5.74, 6) is 0. The third-order valence-corrected chi connectivity index (χ3v) is 3.78. The van der Waals surface area contributed by atoms with Gasteiger partial charge in [0.15, 0.2) is 0 Å². The minimum absolute atomic E-state index is 0.908. The van der Waals surface area contributed by atoms with Crippen molar-refractivity contribution in [3.8, 4) is 0 Å². The molecule has 0 aromatic carbocycles. The lowest BCUT2D eigenvalue weighted by Gasteiger charge is -2.06. The van der Waals surface area contributed by atoms with Crippen LogP contribution in [0.1, 0.15) is 30.8 Å². The molecule has 0 atom stereocenters. The Morgan fingerprint density at radius 1 is 1.39 bits per heavy atom. The van der Waals surface area contributed by atoms with E-state index in [9.17, 15) is 0 Å². The van der Waals surface area contributed by atoms with Crippen LogP contribution < -0.4 is 5.32 Å². The number of hydrogen-bond acceptors (Lipinski definition) is 3. The maximum absolute atomic E-state index is 4.55. The van der Waals surface area contributed by atoms with Crippen LogP contribution in [-0.4, -0.2) is 16.3 Å². The Morgan fingerprint density at radius 3 is 2.94 bits per heavy atom. The molecular weight excluding hydrogens is 242 g/mol. The number of thiophene rings is 1. The molecule has 2 aromatic heterocycles. The van der Waals surface area contributed by atoms with Crippen LogP contribution in [0.4, 0.5) is 0 Å². The number of aryl methyl sites for hydroxylation is 2. The summed E-state index contributed by atoms with van der Waals surface area (Å²) >= 11 is 1.76. The lowest BCUT2D eigenvalue weighted by molar-refractivity contribution is 0.578. The average Bonchev–Trinajstić information content (AvgIpc) is 3.03. The summed E-state index contributed by atoms with van der Waals surface area (Å²) < 4.78 is 2.09. The Labute approximate surface area is 113 Å². The Bertz CT molecular complexity index is 459. The zero-order chi connectivity index (χ0) is 12.8. The zero-order valence-electron chi connectivity index (χ0n) is 11.1. The van der Waals surface area contributed by atoms with Crippen molar-refractivity contribution in [3.05, 3.63) is 39.8 Å². The summed E-state index contributed by atoms with van der Waals surface area (Å²) in [6, 6.07) is 4.40. The van der Waals surface area contributed by atoms with E-state index in [4.69, 9.17) is 0 Å². The van der Waals surface area contributed by atoms with E-state index in [2.05, 4.69) is 51.8 Å². The SMILES string of the molecule is CCc1cc(CNCCc2ccsc2)n(CC)n1. The molecule has 0 amide bonds. The van der Waals surface area contributed by atoms with Crippen LogP contribution in [-0.2, 0) is 25.9 Å². The van der Waals surface area contributed by atoms with Crippen LogP contribution >= 0.6 is 11.3 Å². The number of rotatable bonds is 7. The molecule has 0 aliphatic rings. The van der Waals surface area contributed by atoms with E-state index in [1.165, 1.54) is 17.0 Å². The van der Waals surface area contributed by atoms with Crippen molar-refractivity contribution in [3.63, 3.8) is 0 Å². The predicted molar refractivity (Wildman–Crippen MR) is 77.0 cm³/mol. The van der Waals surface area contributed by atoms with E-state index in [1.54, 1.807) is 11.3 Å². The first-order chi connectivity index (χ1) is 8.83. The minimum Gasteiger partial charge on any atom is -0.311 e. The molecule has 0 unspecified atom stereocenters. The number of aromatic nitrogens is 2. The first-order valence-electron chi connectivity index (χ1n) is 6.60. The van der Waals surface area contributed by atoms with Gasteiger partial charge in [0, 0.05) is 13.1 Å². The topological polar surface area (TPSA) is 29.9 Å². The van der Waals surface area contributed by atoms with Crippen molar-refractivity contribution in [2.24, 2.45) is 0 Å². The largest absolute Gasteiger partial charge is 0.311 e. The molecule has 0 spiro atoms. The molecule has 0 bridgehead atoms. The van der Waals surface area contributed by atoms with Gasteiger partial charge in [0.25, 0.3) is 0 Å². The molecule has 0 aliphatic heterocycles. The zero-order valence-corrected chi connectivity index (χ0v) is 12.0. The summed E-state index contributed by atoms with van der Waals surface area (Å²) in [6.07, 6.45) is 2.11. The maximum atomic E-state index is 4.55. The second-order valence-corrected chi connectivity index (χ2v) is 5.13. The van der Waals surface area contributed by atoms with Gasteiger partial charge in [-0.25, -0.2) is 0 Å². The molecule has 18 heavy (non-hydrogen) atoms. The maximum Gasteiger partial charge on any atom is 0.0625 e. The van der Waals surface area contributed by atoms with E-state index in [0.29, 0.717) is 0 Å². The summed E-state index contributed by atoms with van der Waals surface area (Å²) in [4.78, 5) is 0. The molecule has 3 nitrogen and oxygen atoms in total. The molecule has 2 heterocycles. The van der Waals surface area contributed by atoms with Crippen molar-refractivity contribution >= 4 is 11.3 Å². The van der Waals surface area contributed by atoms with Crippen LogP contribution in [0, 0.1) is 0 Å². The molecule has 0 radical (unpaired) electrons. The third kappa shape index (κ3) is 3.43. The molecule has 0 aliphatic carbocycles. The monoisotopic (exact) mass is 263 g/mol. The van der Waals surface area contributed by atoms with Gasteiger partial charge in [-0.2, -0.15) is 16.4 Å². The summed E-state index contributed by atoms with van der Waals surface area (Å²) in [5, 5.41) is 12.4. The molecule has 4 heteroatoms. The molecular formula is C14H21N3S. The van der Waals surface area contributed by atoms with Crippen LogP contribution in [0.15, 0.2) is 22.9 Å². The van der Waals surface area contributed by atoms with Crippen molar-refractivity contribution < 1.29 is 0 Å². The average molecular weight is 263 g/mol. The van der Waals surface area contributed by atoms with Crippen LogP contribution in [0.5, 0.6) is 0 Å². The van der Waals surface area contributed by atoms with E-state index >= 15 is 0 Å². The highest BCUT2D eigenvalue weighted by Crippen LogP contribution is 2.07. The highest BCUT2D eigenvalue weighted by molar-refractivity contribution is 7.07. The Balaban J connectivity index is 1.80. The van der Waals surface area contributed by atoms with E-state index < -0.39 is 0 Å². The molecule has 98 valence electrons. The van der Waals surface area contributed by atoms with Crippen molar-refractivity contribution in [1.82, 2.24) is 15.1 Å².